The van der Waals surface area contributed by atoms with E-state index in [0.717, 1.165) is 27.1 Å². The molecule has 0 saturated heterocycles. The third-order valence-electron chi connectivity index (χ3n) is 4.54. The maximum atomic E-state index is 12.8. The Balaban J connectivity index is 1.67. The predicted octanol–water partition coefficient (Wildman–Crippen LogP) is 3.90. The monoisotopic (exact) mass is 394 g/mol. The van der Waals surface area contributed by atoms with Crippen molar-refractivity contribution in [2.45, 2.75) is 19.1 Å². The summed E-state index contributed by atoms with van der Waals surface area (Å²) < 4.78 is 42.9. The molecule has 0 spiro atoms. The van der Waals surface area contributed by atoms with Crippen LogP contribution in [0.3, 0.4) is 0 Å². The fourth-order valence-electron chi connectivity index (χ4n) is 3.21. The second-order valence-corrected chi connectivity index (χ2v) is 6.76. The maximum Gasteiger partial charge on any atom is 0.434 e. The fraction of sp³-hybridized carbons (Fsp3) is 0.222. The first-order chi connectivity index (χ1) is 12.7. The summed E-state index contributed by atoms with van der Waals surface area (Å²) in [6, 6.07) is 5.58. The number of fused-ring (bicyclic) bond motifs is 2. The molecule has 0 unspecified atom stereocenters. The van der Waals surface area contributed by atoms with Crippen LogP contribution in [0.4, 0.5) is 13.2 Å². The van der Waals surface area contributed by atoms with E-state index in [2.05, 4.69) is 4.98 Å². The van der Waals surface area contributed by atoms with Crippen molar-refractivity contribution in [1.82, 2.24) is 18.5 Å². The number of hydrogen-bond donors (Lipinski definition) is 0. The average molecular weight is 395 g/mol. The summed E-state index contributed by atoms with van der Waals surface area (Å²) in [5.41, 5.74) is 0.118. The lowest BCUT2D eigenvalue weighted by molar-refractivity contribution is -0.140. The van der Waals surface area contributed by atoms with Crippen LogP contribution < -0.4 is 5.56 Å². The first kappa shape index (κ1) is 17.7. The highest BCUT2D eigenvalue weighted by Gasteiger charge is 2.34. The highest BCUT2D eigenvalue weighted by Crippen LogP contribution is 2.28. The third kappa shape index (κ3) is 3.10. The minimum atomic E-state index is -4.59. The van der Waals surface area contributed by atoms with Gasteiger partial charge in [-0.05, 0) is 24.1 Å². The minimum Gasteiger partial charge on any atom is -0.350 e. The van der Waals surface area contributed by atoms with E-state index >= 15 is 0 Å². The Morgan fingerprint density at radius 2 is 1.96 bits per heavy atom. The molecule has 0 amide bonds. The molecular weight excluding hydrogens is 381 g/mol. The first-order valence-corrected chi connectivity index (χ1v) is 8.50. The van der Waals surface area contributed by atoms with Crippen LogP contribution in [0.1, 0.15) is 11.3 Å². The number of rotatable bonds is 3. The SMILES string of the molecule is Cn1cc(CCn2ccn3cc(C(F)(F)F)nc3c2=O)c2ccc(Cl)cc21. The smallest absolute Gasteiger partial charge is 0.350 e. The molecule has 9 heteroatoms. The molecular formula is C18H14ClF3N4O. The van der Waals surface area contributed by atoms with Crippen molar-refractivity contribution in [1.29, 1.82) is 0 Å². The van der Waals surface area contributed by atoms with Crippen LogP contribution >= 0.6 is 11.6 Å². The molecule has 0 aliphatic carbocycles. The quantitative estimate of drug-likeness (QED) is 0.529. The number of alkyl halides is 3. The van der Waals surface area contributed by atoms with E-state index in [4.69, 9.17) is 11.6 Å². The number of benzene rings is 1. The van der Waals surface area contributed by atoms with Gasteiger partial charge in [-0.3, -0.25) is 4.79 Å². The molecule has 3 aromatic heterocycles. The molecule has 0 saturated carbocycles. The van der Waals surface area contributed by atoms with Gasteiger partial charge in [-0.1, -0.05) is 17.7 Å². The van der Waals surface area contributed by atoms with Crippen LogP contribution in [0.15, 0.2) is 47.8 Å². The summed E-state index contributed by atoms with van der Waals surface area (Å²) in [5, 5.41) is 1.66. The molecule has 4 aromatic rings. The maximum absolute atomic E-state index is 12.8. The minimum absolute atomic E-state index is 0.241. The van der Waals surface area contributed by atoms with Gasteiger partial charge in [0, 0.05) is 54.3 Å². The largest absolute Gasteiger partial charge is 0.434 e. The van der Waals surface area contributed by atoms with Crippen molar-refractivity contribution in [3.05, 3.63) is 69.6 Å². The zero-order valence-corrected chi connectivity index (χ0v) is 14.9. The fourth-order valence-corrected chi connectivity index (χ4v) is 3.37. The van der Waals surface area contributed by atoms with Gasteiger partial charge in [-0.15, -0.1) is 0 Å². The Hall–Kier alpha value is -2.74. The molecule has 0 radical (unpaired) electrons. The van der Waals surface area contributed by atoms with Crippen LogP contribution in [0.5, 0.6) is 0 Å². The summed E-state index contributed by atoms with van der Waals surface area (Å²) in [5.74, 6) is 0. The Bertz CT molecular complexity index is 1220. The Morgan fingerprint density at radius 1 is 1.19 bits per heavy atom. The van der Waals surface area contributed by atoms with Crippen LogP contribution in [0.25, 0.3) is 16.6 Å². The lowest BCUT2D eigenvalue weighted by Gasteiger charge is -2.05. The number of hydrogen-bond acceptors (Lipinski definition) is 2. The molecule has 0 bridgehead atoms. The van der Waals surface area contributed by atoms with E-state index in [0.29, 0.717) is 18.0 Å². The number of imidazole rings is 1. The molecule has 3 heterocycles. The molecule has 0 aliphatic rings. The first-order valence-electron chi connectivity index (χ1n) is 8.13. The zero-order valence-electron chi connectivity index (χ0n) is 14.2. The third-order valence-corrected chi connectivity index (χ3v) is 4.77. The lowest BCUT2D eigenvalue weighted by Crippen LogP contribution is -2.22. The number of aromatic nitrogens is 4. The number of aryl methyl sites for hydroxylation is 3. The van der Waals surface area contributed by atoms with E-state index in [-0.39, 0.29) is 5.65 Å². The van der Waals surface area contributed by atoms with Crippen molar-refractivity contribution in [2.24, 2.45) is 7.05 Å². The summed E-state index contributed by atoms with van der Waals surface area (Å²) in [6.07, 6.45) is 1.60. The van der Waals surface area contributed by atoms with Crippen molar-refractivity contribution in [2.75, 3.05) is 0 Å². The topological polar surface area (TPSA) is 44.2 Å². The molecule has 5 nitrogen and oxygen atoms in total. The van der Waals surface area contributed by atoms with Gasteiger partial charge in [0.05, 0.1) is 0 Å². The van der Waals surface area contributed by atoms with Gasteiger partial charge in [0.25, 0.3) is 5.56 Å². The van der Waals surface area contributed by atoms with E-state index in [1.165, 1.54) is 17.0 Å². The van der Waals surface area contributed by atoms with Crippen molar-refractivity contribution < 1.29 is 13.2 Å². The predicted molar refractivity (Wildman–Crippen MR) is 96.1 cm³/mol. The Kier molecular flexibility index (Phi) is 4.03. The Labute approximate surface area is 156 Å². The van der Waals surface area contributed by atoms with Gasteiger partial charge in [0.15, 0.2) is 5.69 Å². The van der Waals surface area contributed by atoms with E-state index in [1.54, 1.807) is 6.07 Å². The molecule has 4 rings (SSSR count). The van der Waals surface area contributed by atoms with Crippen LogP contribution in [0.2, 0.25) is 5.02 Å². The standard InChI is InChI=1S/C18H14ClF3N4O/c1-24-9-11(13-3-2-12(19)8-14(13)24)4-5-25-6-7-26-10-15(18(20,21)22)23-16(26)17(25)27/h2-3,6-10H,4-5H2,1H3. The summed E-state index contributed by atoms with van der Waals surface area (Å²) in [4.78, 5) is 15.9. The van der Waals surface area contributed by atoms with Gasteiger partial charge >= 0.3 is 6.18 Å². The van der Waals surface area contributed by atoms with Gasteiger partial charge in [-0.2, -0.15) is 13.2 Å². The second-order valence-electron chi connectivity index (χ2n) is 6.33. The van der Waals surface area contributed by atoms with Gasteiger partial charge < -0.3 is 13.5 Å². The summed E-state index contributed by atoms with van der Waals surface area (Å²) in [7, 11) is 1.91. The zero-order chi connectivity index (χ0) is 19.3. The van der Waals surface area contributed by atoms with Gasteiger partial charge in [-0.25, -0.2) is 4.98 Å². The van der Waals surface area contributed by atoms with Gasteiger partial charge in [0.1, 0.15) is 0 Å². The highest BCUT2D eigenvalue weighted by molar-refractivity contribution is 6.31. The van der Waals surface area contributed by atoms with E-state index in [9.17, 15) is 18.0 Å². The number of nitrogens with zero attached hydrogens (tertiary/aromatic N) is 4. The molecule has 27 heavy (non-hydrogen) atoms. The van der Waals surface area contributed by atoms with Crippen molar-refractivity contribution >= 4 is 28.2 Å². The summed E-state index contributed by atoms with van der Waals surface area (Å²) >= 11 is 6.04. The van der Waals surface area contributed by atoms with Crippen molar-refractivity contribution in [3.8, 4) is 0 Å². The van der Waals surface area contributed by atoms with E-state index in [1.807, 2.05) is 29.9 Å². The molecule has 1 aromatic carbocycles. The molecule has 0 aliphatic heterocycles. The second kappa shape index (κ2) is 6.16. The van der Waals surface area contributed by atoms with Gasteiger partial charge in [0.2, 0.25) is 5.65 Å². The Morgan fingerprint density at radius 3 is 2.70 bits per heavy atom. The molecule has 0 atom stereocenters. The number of halogens is 4. The molecule has 0 N–H and O–H groups in total. The average Bonchev–Trinajstić information content (AvgIpc) is 3.17. The van der Waals surface area contributed by atoms with Crippen LogP contribution in [0, 0.1) is 0 Å². The molecule has 0 fully saturated rings. The summed E-state index contributed by atoms with van der Waals surface area (Å²) in [6.45, 7) is 0.325. The van der Waals surface area contributed by atoms with Crippen molar-refractivity contribution in [3.63, 3.8) is 0 Å². The molecule has 140 valence electrons. The van der Waals surface area contributed by atoms with Crippen LogP contribution in [-0.2, 0) is 26.2 Å². The highest BCUT2D eigenvalue weighted by atomic mass is 35.5. The normalized spacial score (nSPS) is 12.3. The van der Waals surface area contributed by atoms with E-state index < -0.39 is 17.4 Å². The van der Waals surface area contributed by atoms with Crippen LogP contribution in [-0.4, -0.2) is 18.5 Å². The lowest BCUT2D eigenvalue weighted by atomic mass is 10.1.